The number of benzene rings is 1. The fraction of sp³-hybridized carbons (Fsp3) is 0.500. The predicted octanol–water partition coefficient (Wildman–Crippen LogP) is 1.15. The van der Waals surface area contributed by atoms with Crippen molar-refractivity contribution in [2.75, 3.05) is 31.6 Å². The molecule has 0 aromatic heterocycles. The lowest BCUT2D eigenvalue weighted by Gasteiger charge is -2.19. The van der Waals surface area contributed by atoms with E-state index in [9.17, 15) is 4.79 Å². The number of nitrogens with zero attached hydrogens (tertiary/aromatic N) is 2. The standard InChI is InChI=1S/C16H22N4O/c1-17-16(19-11-12-6-7-12)18-8-9-20-14-5-3-2-4-13(14)10-15(20)21/h2-5,12H,6-11H2,1H3,(H2,17,18,19). The molecule has 112 valence electrons. The molecule has 1 aliphatic carbocycles. The van der Waals surface area contributed by atoms with Gasteiger partial charge in [-0.3, -0.25) is 9.79 Å². The second kappa shape index (κ2) is 6.16. The summed E-state index contributed by atoms with van der Waals surface area (Å²) < 4.78 is 0. The maximum Gasteiger partial charge on any atom is 0.231 e. The molecule has 1 aromatic rings. The van der Waals surface area contributed by atoms with Crippen LogP contribution >= 0.6 is 0 Å². The molecule has 1 saturated carbocycles. The highest BCUT2D eigenvalue weighted by molar-refractivity contribution is 6.01. The maximum absolute atomic E-state index is 12.1. The Morgan fingerprint density at radius 3 is 2.90 bits per heavy atom. The fourth-order valence-corrected chi connectivity index (χ4v) is 2.63. The van der Waals surface area contributed by atoms with Crippen molar-refractivity contribution in [2.24, 2.45) is 10.9 Å². The maximum atomic E-state index is 12.1. The van der Waals surface area contributed by atoms with Crippen LogP contribution in [0.1, 0.15) is 18.4 Å². The highest BCUT2D eigenvalue weighted by atomic mass is 16.2. The molecule has 0 atom stereocenters. The van der Waals surface area contributed by atoms with Crippen LogP contribution in [0.25, 0.3) is 0 Å². The average molecular weight is 286 g/mol. The highest BCUT2D eigenvalue weighted by Gasteiger charge is 2.26. The van der Waals surface area contributed by atoms with Crippen molar-refractivity contribution in [1.29, 1.82) is 0 Å². The van der Waals surface area contributed by atoms with E-state index in [0.717, 1.165) is 29.7 Å². The Hall–Kier alpha value is -2.04. The second-order valence-corrected chi connectivity index (χ2v) is 5.67. The summed E-state index contributed by atoms with van der Waals surface area (Å²) in [5.74, 6) is 1.82. The fourth-order valence-electron chi connectivity index (χ4n) is 2.63. The number of hydrogen-bond acceptors (Lipinski definition) is 2. The van der Waals surface area contributed by atoms with Crippen molar-refractivity contribution >= 4 is 17.6 Å². The zero-order chi connectivity index (χ0) is 14.7. The molecular weight excluding hydrogens is 264 g/mol. The van der Waals surface area contributed by atoms with E-state index in [1.54, 1.807) is 7.05 Å². The number of carbonyl (C=O) groups is 1. The zero-order valence-electron chi connectivity index (χ0n) is 12.4. The molecule has 0 unspecified atom stereocenters. The number of hydrogen-bond donors (Lipinski definition) is 2. The lowest BCUT2D eigenvalue weighted by atomic mass is 10.2. The van der Waals surface area contributed by atoms with Gasteiger partial charge in [-0.15, -0.1) is 0 Å². The van der Waals surface area contributed by atoms with Crippen molar-refractivity contribution in [2.45, 2.75) is 19.3 Å². The molecule has 1 amide bonds. The lowest BCUT2D eigenvalue weighted by Crippen LogP contribution is -2.42. The third-order valence-corrected chi connectivity index (χ3v) is 4.03. The van der Waals surface area contributed by atoms with Crippen LogP contribution in [-0.2, 0) is 11.2 Å². The molecule has 5 heteroatoms. The van der Waals surface area contributed by atoms with Gasteiger partial charge in [0.1, 0.15) is 0 Å². The largest absolute Gasteiger partial charge is 0.356 e. The van der Waals surface area contributed by atoms with Gasteiger partial charge in [0.15, 0.2) is 5.96 Å². The predicted molar refractivity (Wildman–Crippen MR) is 84.6 cm³/mol. The van der Waals surface area contributed by atoms with Crippen molar-refractivity contribution in [3.63, 3.8) is 0 Å². The number of anilines is 1. The number of rotatable bonds is 5. The Morgan fingerprint density at radius 2 is 2.14 bits per heavy atom. The second-order valence-electron chi connectivity index (χ2n) is 5.67. The normalized spacial score (nSPS) is 17.9. The van der Waals surface area contributed by atoms with Gasteiger partial charge in [0.2, 0.25) is 5.91 Å². The van der Waals surface area contributed by atoms with Crippen LogP contribution in [-0.4, -0.2) is 38.5 Å². The summed E-state index contributed by atoms with van der Waals surface area (Å²) in [5, 5.41) is 6.60. The van der Waals surface area contributed by atoms with Crippen molar-refractivity contribution in [3.05, 3.63) is 29.8 Å². The minimum Gasteiger partial charge on any atom is -0.356 e. The Bertz CT molecular complexity index is 551. The quantitative estimate of drug-likeness (QED) is 0.630. The summed E-state index contributed by atoms with van der Waals surface area (Å²) in [6.07, 6.45) is 3.16. The molecule has 0 bridgehead atoms. The molecule has 0 radical (unpaired) electrons. The molecule has 21 heavy (non-hydrogen) atoms. The first kappa shape index (κ1) is 13.9. The lowest BCUT2D eigenvalue weighted by molar-refractivity contribution is -0.117. The molecule has 1 aromatic carbocycles. The first-order chi connectivity index (χ1) is 10.3. The van der Waals surface area contributed by atoms with Crippen molar-refractivity contribution in [1.82, 2.24) is 10.6 Å². The van der Waals surface area contributed by atoms with Gasteiger partial charge < -0.3 is 15.5 Å². The number of aliphatic imine (C=N–C) groups is 1. The van der Waals surface area contributed by atoms with Gasteiger partial charge in [-0.1, -0.05) is 18.2 Å². The van der Waals surface area contributed by atoms with Gasteiger partial charge in [0.25, 0.3) is 0 Å². The van der Waals surface area contributed by atoms with Crippen LogP contribution in [0, 0.1) is 5.92 Å². The van der Waals surface area contributed by atoms with Gasteiger partial charge in [-0.05, 0) is 30.4 Å². The topological polar surface area (TPSA) is 56.7 Å². The van der Waals surface area contributed by atoms with Gasteiger partial charge in [0, 0.05) is 32.4 Å². The molecule has 2 N–H and O–H groups in total. The molecule has 1 aliphatic heterocycles. The number of nitrogens with one attached hydrogen (secondary N) is 2. The third-order valence-electron chi connectivity index (χ3n) is 4.03. The number of guanidine groups is 1. The van der Waals surface area contributed by atoms with Crippen LogP contribution in [0.3, 0.4) is 0 Å². The summed E-state index contributed by atoms with van der Waals surface area (Å²) in [7, 11) is 1.78. The molecule has 3 rings (SSSR count). The summed E-state index contributed by atoms with van der Waals surface area (Å²) in [5.41, 5.74) is 2.17. The molecule has 0 saturated heterocycles. The molecule has 1 fully saturated rings. The molecule has 1 heterocycles. The van der Waals surface area contributed by atoms with Crippen LogP contribution in [0.5, 0.6) is 0 Å². The Balaban J connectivity index is 1.49. The summed E-state index contributed by atoms with van der Waals surface area (Å²) in [6.45, 7) is 2.36. The summed E-state index contributed by atoms with van der Waals surface area (Å²) >= 11 is 0. The molecule has 2 aliphatic rings. The van der Waals surface area contributed by atoms with Crippen LogP contribution in [0.4, 0.5) is 5.69 Å². The number of fused-ring (bicyclic) bond motifs is 1. The van der Waals surface area contributed by atoms with Crippen molar-refractivity contribution < 1.29 is 4.79 Å². The van der Waals surface area contributed by atoms with E-state index in [4.69, 9.17) is 0 Å². The molecule has 5 nitrogen and oxygen atoms in total. The van der Waals surface area contributed by atoms with E-state index in [0.29, 0.717) is 19.5 Å². The van der Waals surface area contributed by atoms with E-state index in [-0.39, 0.29) is 5.91 Å². The van der Waals surface area contributed by atoms with Crippen LogP contribution < -0.4 is 15.5 Å². The minimum atomic E-state index is 0.180. The first-order valence-corrected chi connectivity index (χ1v) is 7.60. The summed E-state index contributed by atoms with van der Waals surface area (Å²) in [6, 6.07) is 8.00. The SMILES string of the molecule is CN=C(NCCN1C(=O)Cc2ccccc21)NCC1CC1. The van der Waals surface area contributed by atoms with Crippen molar-refractivity contribution in [3.8, 4) is 0 Å². The highest BCUT2D eigenvalue weighted by Crippen LogP contribution is 2.28. The molecule has 0 spiro atoms. The third kappa shape index (κ3) is 3.35. The number of para-hydroxylation sites is 1. The smallest absolute Gasteiger partial charge is 0.231 e. The van der Waals surface area contributed by atoms with E-state index in [2.05, 4.69) is 15.6 Å². The van der Waals surface area contributed by atoms with Gasteiger partial charge in [-0.2, -0.15) is 0 Å². The first-order valence-electron chi connectivity index (χ1n) is 7.60. The zero-order valence-corrected chi connectivity index (χ0v) is 12.4. The van der Waals surface area contributed by atoms with E-state index < -0.39 is 0 Å². The number of carbonyl (C=O) groups excluding carboxylic acids is 1. The average Bonchev–Trinajstić information content (AvgIpc) is 3.26. The Labute approximate surface area is 125 Å². The minimum absolute atomic E-state index is 0.180. The van der Waals surface area contributed by atoms with E-state index >= 15 is 0 Å². The molecular formula is C16H22N4O. The Morgan fingerprint density at radius 1 is 1.33 bits per heavy atom. The number of amides is 1. The van der Waals surface area contributed by atoms with Gasteiger partial charge in [0.05, 0.1) is 6.42 Å². The Kier molecular flexibility index (Phi) is 4.08. The monoisotopic (exact) mass is 286 g/mol. The van der Waals surface area contributed by atoms with E-state index in [1.807, 2.05) is 29.2 Å². The van der Waals surface area contributed by atoms with E-state index in [1.165, 1.54) is 12.8 Å². The van der Waals surface area contributed by atoms with Gasteiger partial charge >= 0.3 is 0 Å². The van der Waals surface area contributed by atoms with Crippen LogP contribution in [0.2, 0.25) is 0 Å². The van der Waals surface area contributed by atoms with Gasteiger partial charge in [-0.25, -0.2) is 0 Å². The van der Waals surface area contributed by atoms with Crippen LogP contribution in [0.15, 0.2) is 29.3 Å². The summed E-state index contributed by atoms with van der Waals surface area (Å²) in [4.78, 5) is 18.1.